The number of rotatable bonds is 2. The van der Waals surface area contributed by atoms with E-state index in [0.29, 0.717) is 0 Å². The topological polar surface area (TPSA) is 68.0 Å². The summed E-state index contributed by atoms with van der Waals surface area (Å²) in [4.78, 5) is 15.6. The number of nitrogen functional groups attached to an aromatic ring is 1. The van der Waals surface area contributed by atoms with E-state index in [1.165, 1.54) is 25.4 Å². The highest BCUT2D eigenvalue weighted by Crippen LogP contribution is 2.20. The first-order valence-electron chi connectivity index (χ1n) is 5.45. The normalized spacial score (nSPS) is 10.3. The number of aromatic nitrogens is 1. The van der Waals surface area contributed by atoms with Gasteiger partial charge in [-0.05, 0) is 24.6 Å². The molecule has 4 nitrogen and oxygen atoms in total. The Kier molecular flexibility index (Phi) is 3.41. The Balaban J connectivity index is 2.30. The molecule has 0 spiro atoms. The van der Waals surface area contributed by atoms with E-state index in [9.17, 15) is 13.6 Å². The van der Waals surface area contributed by atoms with E-state index in [4.69, 9.17) is 5.73 Å². The fourth-order valence-electron chi connectivity index (χ4n) is 1.55. The second kappa shape index (κ2) is 5.01. The van der Waals surface area contributed by atoms with E-state index in [-0.39, 0.29) is 22.5 Å². The molecule has 0 bridgehead atoms. The van der Waals surface area contributed by atoms with Crippen LogP contribution in [0.25, 0.3) is 0 Å². The number of carbonyl (C=O) groups excluding carboxylic acids is 1. The van der Waals surface area contributed by atoms with Crippen molar-refractivity contribution in [1.82, 2.24) is 4.98 Å². The third-order valence-corrected chi connectivity index (χ3v) is 2.59. The van der Waals surface area contributed by atoms with Crippen LogP contribution in [-0.2, 0) is 0 Å². The van der Waals surface area contributed by atoms with Gasteiger partial charge in [-0.2, -0.15) is 0 Å². The Morgan fingerprint density at radius 2 is 2.05 bits per heavy atom. The fourth-order valence-corrected chi connectivity index (χ4v) is 1.55. The molecule has 0 aliphatic heterocycles. The molecule has 98 valence electrons. The minimum atomic E-state index is -0.708. The first-order chi connectivity index (χ1) is 8.99. The van der Waals surface area contributed by atoms with Crippen molar-refractivity contribution in [3.05, 3.63) is 53.4 Å². The van der Waals surface area contributed by atoms with Crippen LogP contribution < -0.4 is 11.1 Å². The lowest BCUT2D eigenvalue weighted by atomic mass is 10.2. The Morgan fingerprint density at radius 1 is 1.32 bits per heavy atom. The van der Waals surface area contributed by atoms with Crippen LogP contribution in [0.5, 0.6) is 0 Å². The van der Waals surface area contributed by atoms with Crippen LogP contribution in [0.3, 0.4) is 0 Å². The van der Waals surface area contributed by atoms with Gasteiger partial charge >= 0.3 is 0 Å². The molecule has 0 fully saturated rings. The monoisotopic (exact) mass is 263 g/mol. The van der Waals surface area contributed by atoms with E-state index in [1.54, 1.807) is 0 Å². The molecule has 0 radical (unpaired) electrons. The van der Waals surface area contributed by atoms with Crippen molar-refractivity contribution in [1.29, 1.82) is 0 Å². The second-order valence-corrected chi connectivity index (χ2v) is 4.00. The van der Waals surface area contributed by atoms with Gasteiger partial charge in [-0.3, -0.25) is 9.78 Å². The summed E-state index contributed by atoms with van der Waals surface area (Å²) in [6, 6.07) is 3.34. The first-order valence-corrected chi connectivity index (χ1v) is 5.45. The van der Waals surface area contributed by atoms with Gasteiger partial charge in [-0.1, -0.05) is 0 Å². The molecule has 0 saturated heterocycles. The number of nitrogens with zero attached hydrogens (tertiary/aromatic N) is 1. The van der Waals surface area contributed by atoms with E-state index < -0.39 is 17.5 Å². The van der Waals surface area contributed by atoms with Crippen molar-refractivity contribution in [2.24, 2.45) is 0 Å². The largest absolute Gasteiger partial charge is 0.397 e. The van der Waals surface area contributed by atoms with Gasteiger partial charge in [0.15, 0.2) is 0 Å². The summed E-state index contributed by atoms with van der Waals surface area (Å²) >= 11 is 0. The molecular formula is C13H11F2N3O. The molecule has 0 unspecified atom stereocenters. The van der Waals surface area contributed by atoms with Gasteiger partial charge in [0.05, 0.1) is 23.1 Å². The predicted octanol–water partition coefficient (Wildman–Crippen LogP) is 2.50. The maximum atomic E-state index is 13.6. The van der Waals surface area contributed by atoms with Crippen molar-refractivity contribution in [3.63, 3.8) is 0 Å². The fraction of sp³-hybridized carbons (Fsp3) is 0.0769. The Labute approximate surface area is 108 Å². The van der Waals surface area contributed by atoms with Gasteiger partial charge in [0.2, 0.25) is 0 Å². The molecule has 3 N–H and O–H groups in total. The SMILES string of the molecule is Cc1cc(F)c(NC(=O)c2ccncc2N)cc1F. The summed E-state index contributed by atoms with van der Waals surface area (Å²) in [5, 5.41) is 2.27. The molecule has 6 heteroatoms. The average molecular weight is 263 g/mol. The maximum Gasteiger partial charge on any atom is 0.257 e. The van der Waals surface area contributed by atoms with Crippen LogP contribution in [0.2, 0.25) is 0 Å². The molecule has 0 aliphatic carbocycles. The number of carbonyl (C=O) groups is 1. The Bertz CT molecular complexity index is 644. The average Bonchev–Trinajstić information content (AvgIpc) is 2.36. The van der Waals surface area contributed by atoms with Gasteiger partial charge in [0.1, 0.15) is 11.6 Å². The van der Waals surface area contributed by atoms with Crippen LogP contribution in [0.4, 0.5) is 20.2 Å². The first kappa shape index (κ1) is 12.9. The third kappa shape index (κ3) is 2.67. The van der Waals surface area contributed by atoms with E-state index >= 15 is 0 Å². The van der Waals surface area contributed by atoms with Crippen LogP contribution in [0.15, 0.2) is 30.6 Å². The van der Waals surface area contributed by atoms with Crippen molar-refractivity contribution in [3.8, 4) is 0 Å². The molecule has 0 aliphatic rings. The molecule has 0 saturated carbocycles. The zero-order valence-corrected chi connectivity index (χ0v) is 10.1. The smallest absolute Gasteiger partial charge is 0.257 e. The maximum absolute atomic E-state index is 13.6. The molecule has 0 atom stereocenters. The summed E-state index contributed by atoms with van der Waals surface area (Å²) in [6.45, 7) is 1.44. The molecular weight excluding hydrogens is 252 g/mol. The zero-order chi connectivity index (χ0) is 14.0. The zero-order valence-electron chi connectivity index (χ0n) is 10.1. The summed E-state index contributed by atoms with van der Waals surface area (Å²) in [7, 11) is 0. The molecule has 2 aromatic rings. The van der Waals surface area contributed by atoms with Gasteiger partial charge in [-0.25, -0.2) is 8.78 Å². The predicted molar refractivity (Wildman–Crippen MR) is 67.7 cm³/mol. The van der Waals surface area contributed by atoms with Gasteiger partial charge < -0.3 is 11.1 Å². The van der Waals surface area contributed by atoms with Gasteiger partial charge in [-0.15, -0.1) is 0 Å². The number of benzene rings is 1. The highest BCUT2D eigenvalue weighted by Gasteiger charge is 2.13. The minimum Gasteiger partial charge on any atom is -0.397 e. The lowest BCUT2D eigenvalue weighted by molar-refractivity contribution is 0.102. The minimum absolute atomic E-state index is 0.149. The number of hydrogen-bond acceptors (Lipinski definition) is 3. The number of nitrogens with two attached hydrogens (primary N) is 1. The molecule has 19 heavy (non-hydrogen) atoms. The Hall–Kier alpha value is -2.50. The molecule has 1 amide bonds. The standard InChI is InChI=1S/C13H11F2N3O/c1-7-4-10(15)12(5-9(7)14)18-13(19)8-2-3-17-6-11(8)16/h2-6H,16H2,1H3,(H,18,19). The lowest BCUT2D eigenvalue weighted by Gasteiger charge is -2.09. The van der Waals surface area contributed by atoms with Crippen molar-refractivity contribution < 1.29 is 13.6 Å². The number of halogens is 2. The van der Waals surface area contributed by atoms with E-state index in [1.807, 2.05) is 0 Å². The summed E-state index contributed by atoms with van der Waals surface area (Å²) < 4.78 is 26.9. The summed E-state index contributed by atoms with van der Waals surface area (Å²) in [6.07, 6.45) is 2.69. The van der Waals surface area contributed by atoms with Gasteiger partial charge in [0.25, 0.3) is 5.91 Å². The number of amides is 1. The van der Waals surface area contributed by atoms with Crippen LogP contribution in [-0.4, -0.2) is 10.9 Å². The number of anilines is 2. The van der Waals surface area contributed by atoms with Crippen molar-refractivity contribution in [2.75, 3.05) is 11.1 Å². The number of aryl methyl sites for hydroxylation is 1. The van der Waals surface area contributed by atoms with Crippen molar-refractivity contribution >= 4 is 17.3 Å². The number of nitrogens with one attached hydrogen (secondary N) is 1. The molecule has 2 rings (SSSR count). The van der Waals surface area contributed by atoms with Crippen LogP contribution in [0, 0.1) is 18.6 Å². The summed E-state index contributed by atoms with van der Waals surface area (Å²) in [5.74, 6) is -1.93. The number of hydrogen-bond donors (Lipinski definition) is 2. The van der Waals surface area contributed by atoms with Crippen molar-refractivity contribution in [2.45, 2.75) is 6.92 Å². The number of pyridine rings is 1. The van der Waals surface area contributed by atoms with Crippen LogP contribution >= 0.6 is 0 Å². The lowest BCUT2D eigenvalue weighted by Crippen LogP contribution is -2.15. The quantitative estimate of drug-likeness (QED) is 0.874. The highest BCUT2D eigenvalue weighted by atomic mass is 19.1. The Morgan fingerprint density at radius 3 is 2.74 bits per heavy atom. The van der Waals surface area contributed by atoms with Gasteiger partial charge in [0, 0.05) is 12.3 Å². The van der Waals surface area contributed by atoms with E-state index in [0.717, 1.165) is 12.1 Å². The van der Waals surface area contributed by atoms with E-state index in [2.05, 4.69) is 10.3 Å². The molecule has 1 aromatic carbocycles. The summed E-state index contributed by atoms with van der Waals surface area (Å²) in [5.41, 5.74) is 5.82. The highest BCUT2D eigenvalue weighted by molar-refractivity contribution is 6.07. The third-order valence-electron chi connectivity index (χ3n) is 2.59. The second-order valence-electron chi connectivity index (χ2n) is 4.00. The molecule has 1 heterocycles. The van der Waals surface area contributed by atoms with Crippen LogP contribution in [0.1, 0.15) is 15.9 Å². The molecule has 1 aromatic heterocycles.